The Labute approximate surface area is 134 Å². The third kappa shape index (κ3) is 2.52. The summed E-state index contributed by atoms with van der Waals surface area (Å²) in [6, 6.07) is 8.59. The molecule has 0 unspecified atom stereocenters. The molecule has 0 radical (unpaired) electrons. The van der Waals surface area contributed by atoms with Gasteiger partial charge in [0, 0.05) is 54.8 Å². The molecule has 0 aliphatic heterocycles. The SMILES string of the molecule is Cc1cn(CCn2ccnc2-c2ccc3c(ccn3C)c2)nn1. The normalized spacial score (nSPS) is 11.4. The van der Waals surface area contributed by atoms with Crippen molar-refractivity contribution in [2.75, 3.05) is 0 Å². The van der Waals surface area contributed by atoms with E-state index in [4.69, 9.17) is 0 Å². The topological polar surface area (TPSA) is 53.5 Å². The Hall–Kier alpha value is -2.89. The summed E-state index contributed by atoms with van der Waals surface area (Å²) < 4.78 is 6.14. The van der Waals surface area contributed by atoms with Crippen molar-refractivity contribution in [1.29, 1.82) is 0 Å². The molecule has 3 aromatic heterocycles. The van der Waals surface area contributed by atoms with Crippen LogP contribution in [0.2, 0.25) is 0 Å². The number of aryl methyl sites for hydroxylation is 4. The van der Waals surface area contributed by atoms with E-state index in [1.807, 2.05) is 30.2 Å². The second-order valence-corrected chi connectivity index (χ2v) is 5.77. The van der Waals surface area contributed by atoms with Crippen LogP contribution in [0.1, 0.15) is 5.69 Å². The summed E-state index contributed by atoms with van der Waals surface area (Å²) in [5.41, 5.74) is 3.29. The number of fused-ring (bicyclic) bond motifs is 1. The lowest BCUT2D eigenvalue weighted by Crippen LogP contribution is -2.08. The number of aromatic nitrogens is 6. The van der Waals surface area contributed by atoms with Gasteiger partial charge in [-0.15, -0.1) is 5.10 Å². The Kier molecular flexibility index (Phi) is 3.22. The summed E-state index contributed by atoms with van der Waals surface area (Å²) in [6.07, 6.45) is 7.88. The largest absolute Gasteiger partial charge is 0.351 e. The van der Waals surface area contributed by atoms with Crippen molar-refractivity contribution in [2.45, 2.75) is 20.0 Å². The third-order valence-corrected chi connectivity index (χ3v) is 4.08. The lowest BCUT2D eigenvalue weighted by molar-refractivity contribution is 0.522. The van der Waals surface area contributed by atoms with Gasteiger partial charge >= 0.3 is 0 Å². The molecule has 6 nitrogen and oxygen atoms in total. The molecule has 0 aliphatic rings. The summed E-state index contributed by atoms with van der Waals surface area (Å²) in [6.45, 7) is 3.53. The maximum absolute atomic E-state index is 4.53. The van der Waals surface area contributed by atoms with Crippen LogP contribution in [-0.4, -0.2) is 29.1 Å². The number of benzene rings is 1. The van der Waals surface area contributed by atoms with Crippen LogP contribution in [0, 0.1) is 6.92 Å². The molecule has 0 saturated carbocycles. The molecule has 116 valence electrons. The molecule has 0 fully saturated rings. The van der Waals surface area contributed by atoms with Gasteiger partial charge in [0.15, 0.2) is 0 Å². The zero-order chi connectivity index (χ0) is 15.8. The van der Waals surface area contributed by atoms with E-state index in [9.17, 15) is 0 Å². The van der Waals surface area contributed by atoms with Crippen molar-refractivity contribution in [3.8, 4) is 11.4 Å². The quantitative estimate of drug-likeness (QED) is 0.582. The van der Waals surface area contributed by atoms with Crippen LogP contribution >= 0.6 is 0 Å². The minimum absolute atomic E-state index is 0.776. The standard InChI is InChI=1S/C17H18N6/c1-13-12-23(20-19-13)10-9-22-8-6-18-17(22)15-3-4-16-14(11-15)5-7-21(16)2/h3-8,11-12H,9-10H2,1-2H3. The summed E-state index contributed by atoms with van der Waals surface area (Å²) >= 11 is 0. The van der Waals surface area contributed by atoms with Gasteiger partial charge < -0.3 is 9.13 Å². The molecular formula is C17H18N6. The van der Waals surface area contributed by atoms with Gasteiger partial charge in [0.05, 0.1) is 12.2 Å². The summed E-state index contributed by atoms with van der Waals surface area (Å²) in [5, 5.41) is 9.34. The summed E-state index contributed by atoms with van der Waals surface area (Å²) in [4.78, 5) is 4.53. The van der Waals surface area contributed by atoms with E-state index in [-0.39, 0.29) is 0 Å². The molecule has 6 heteroatoms. The van der Waals surface area contributed by atoms with Crippen molar-refractivity contribution in [3.05, 3.63) is 54.7 Å². The van der Waals surface area contributed by atoms with Crippen LogP contribution in [0.5, 0.6) is 0 Å². The summed E-state index contributed by atoms with van der Waals surface area (Å²) in [7, 11) is 2.06. The smallest absolute Gasteiger partial charge is 0.139 e. The van der Waals surface area contributed by atoms with E-state index in [1.165, 1.54) is 10.9 Å². The predicted octanol–water partition coefficient (Wildman–Crippen LogP) is 2.64. The molecule has 23 heavy (non-hydrogen) atoms. The lowest BCUT2D eigenvalue weighted by Gasteiger charge is -2.08. The second kappa shape index (κ2) is 5.39. The van der Waals surface area contributed by atoms with Crippen LogP contribution in [0.25, 0.3) is 22.3 Å². The van der Waals surface area contributed by atoms with Crippen molar-refractivity contribution < 1.29 is 0 Å². The predicted molar refractivity (Wildman–Crippen MR) is 88.9 cm³/mol. The highest BCUT2D eigenvalue weighted by atomic mass is 15.4. The molecule has 0 spiro atoms. The van der Waals surface area contributed by atoms with Gasteiger partial charge in [0.1, 0.15) is 5.82 Å². The van der Waals surface area contributed by atoms with Gasteiger partial charge in [-0.3, -0.25) is 4.68 Å². The molecule has 0 bridgehead atoms. The number of hydrogen-bond acceptors (Lipinski definition) is 3. The van der Waals surface area contributed by atoms with E-state index in [2.05, 4.69) is 61.9 Å². The average Bonchev–Trinajstić information content (AvgIpc) is 3.26. The second-order valence-electron chi connectivity index (χ2n) is 5.77. The van der Waals surface area contributed by atoms with E-state index >= 15 is 0 Å². The van der Waals surface area contributed by atoms with E-state index < -0.39 is 0 Å². The first-order valence-electron chi connectivity index (χ1n) is 7.64. The molecule has 0 aliphatic carbocycles. The molecule has 4 aromatic rings. The third-order valence-electron chi connectivity index (χ3n) is 4.08. The van der Waals surface area contributed by atoms with Crippen molar-refractivity contribution >= 4 is 10.9 Å². The fourth-order valence-corrected chi connectivity index (χ4v) is 2.89. The highest BCUT2D eigenvalue weighted by Gasteiger charge is 2.08. The highest BCUT2D eigenvalue weighted by molar-refractivity contribution is 5.84. The first-order valence-corrected chi connectivity index (χ1v) is 7.64. The molecule has 0 amide bonds. The monoisotopic (exact) mass is 306 g/mol. The Balaban J connectivity index is 1.62. The molecule has 0 N–H and O–H groups in total. The first-order chi connectivity index (χ1) is 11.2. The van der Waals surface area contributed by atoms with Crippen molar-refractivity contribution in [3.63, 3.8) is 0 Å². The van der Waals surface area contributed by atoms with Gasteiger partial charge in [-0.1, -0.05) is 5.21 Å². The molecular weight excluding hydrogens is 288 g/mol. The fraction of sp³-hybridized carbons (Fsp3) is 0.235. The highest BCUT2D eigenvalue weighted by Crippen LogP contribution is 2.23. The molecule has 0 atom stereocenters. The van der Waals surface area contributed by atoms with Gasteiger partial charge in [-0.2, -0.15) is 0 Å². The Morgan fingerprint density at radius 3 is 2.83 bits per heavy atom. The number of nitrogens with zero attached hydrogens (tertiary/aromatic N) is 6. The van der Waals surface area contributed by atoms with Crippen molar-refractivity contribution in [1.82, 2.24) is 29.1 Å². The Morgan fingerprint density at radius 1 is 1.09 bits per heavy atom. The van der Waals surface area contributed by atoms with Crippen LogP contribution in [0.4, 0.5) is 0 Å². The number of rotatable bonds is 4. The van der Waals surface area contributed by atoms with Crippen LogP contribution in [0.3, 0.4) is 0 Å². The van der Waals surface area contributed by atoms with Crippen LogP contribution in [-0.2, 0) is 20.1 Å². The summed E-state index contributed by atoms with van der Waals surface area (Å²) in [5.74, 6) is 0.979. The zero-order valence-electron chi connectivity index (χ0n) is 13.2. The number of imidazole rings is 1. The lowest BCUT2D eigenvalue weighted by atomic mass is 10.1. The van der Waals surface area contributed by atoms with E-state index in [1.54, 1.807) is 0 Å². The maximum Gasteiger partial charge on any atom is 0.139 e. The van der Waals surface area contributed by atoms with Gasteiger partial charge in [-0.25, -0.2) is 4.98 Å². The Bertz CT molecular complexity index is 958. The van der Waals surface area contributed by atoms with Crippen LogP contribution in [0.15, 0.2) is 49.1 Å². The van der Waals surface area contributed by atoms with Gasteiger partial charge in [0.25, 0.3) is 0 Å². The average molecular weight is 306 g/mol. The van der Waals surface area contributed by atoms with E-state index in [0.717, 1.165) is 30.2 Å². The van der Waals surface area contributed by atoms with Crippen molar-refractivity contribution in [2.24, 2.45) is 7.05 Å². The van der Waals surface area contributed by atoms with Crippen LogP contribution < -0.4 is 0 Å². The van der Waals surface area contributed by atoms with Gasteiger partial charge in [-0.05, 0) is 31.2 Å². The molecule has 1 aromatic carbocycles. The molecule has 0 saturated heterocycles. The first kappa shape index (κ1) is 13.8. The molecule has 3 heterocycles. The zero-order valence-corrected chi connectivity index (χ0v) is 13.2. The molecule has 4 rings (SSSR count). The van der Waals surface area contributed by atoms with Gasteiger partial charge in [0.2, 0.25) is 0 Å². The maximum atomic E-state index is 4.53. The minimum Gasteiger partial charge on any atom is -0.351 e. The van der Waals surface area contributed by atoms with E-state index in [0.29, 0.717) is 0 Å². The minimum atomic E-state index is 0.776. The Morgan fingerprint density at radius 2 is 2.00 bits per heavy atom. The number of hydrogen-bond donors (Lipinski definition) is 0. The fourth-order valence-electron chi connectivity index (χ4n) is 2.89.